The SMILES string of the molecule is O=C(NCc1ccc(C2OC(CN3CCOCC3)CC(c3ccc(CO)cc3)O2)cc1)c1cnc2ccccc2n1. The highest BCUT2D eigenvalue weighted by molar-refractivity contribution is 5.93. The van der Waals surface area contributed by atoms with Crippen LogP contribution in [0.1, 0.15) is 51.6 Å². The minimum absolute atomic E-state index is 0.00334. The van der Waals surface area contributed by atoms with Gasteiger partial charge in [-0.1, -0.05) is 60.7 Å². The number of nitrogens with zero attached hydrogens (tertiary/aromatic N) is 3. The van der Waals surface area contributed by atoms with Crippen LogP contribution in [0.2, 0.25) is 0 Å². The zero-order chi connectivity index (χ0) is 28.0. The van der Waals surface area contributed by atoms with Crippen LogP contribution < -0.4 is 5.32 Å². The summed E-state index contributed by atoms with van der Waals surface area (Å²) < 4.78 is 18.5. The lowest BCUT2D eigenvalue weighted by Gasteiger charge is -2.39. The van der Waals surface area contributed by atoms with Gasteiger partial charge in [0.25, 0.3) is 5.91 Å². The summed E-state index contributed by atoms with van der Waals surface area (Å²) in [4.78, 5) is 23.8. The lowest BCUT2D eigenvalue weighted by atomic mass is 9.99. The first kappa shape index (κ1) is 27.4. The molecule has 4 aromatic rings. The molecular weight excluding hydrogens is 520 g/mol. The van der Waals surface area contributed by atoms with Crippen LogP contribution in [0.25, 0.3) is 11.0 Å². The van der Waals surface area contributed by atoms with Gasteiger partial charge in [0.1, 0.15) is 5.69 Å². The lowest BCUT2D eigenvalue weighted by molar-refractivity contribution is -0.253. The molecule has 0 spiro atoms. The van der Waals surface area contributed by atoms with E-state index in [-0.39, 0.29) is 30.4 Å². The number of hydrogen-bond donors (Lipinski definition) is 2. The van der Waals surface area contributed by atoms with E-state index in [1.165, 1.54) is 6.20 Å². The summed E-state index contributed by atoms with van der Waals surface area (Å²) in [6, 6.07) is 23.3. The predicted octanol–water partition coefficient (Wildman–Crippen LogP) is 3.93. The molecule has 3 atom stereocenters. The highest BCUT2D eigenvalue weighted by atomic mass is 16.7. The van der Waals surface area contributed by atoms with Crippen LogP contribution in [0, 0.1) is 0 Å². The molecule has 212 valence electrons. The van der Waals surface area contributed by atoms with Crippen LogP contribution >= 0.6 is 0 Å². The molecule has 2 saturated heterocycles. The van der Waals surface area contributed by atoms with Crippen molar-refractivity contribution in [2.75, 3.05) is 32.8 Å². The molecule has 9 heteroatoms. The van der Waals surface area contributed by atoms with Gasteiger partial charge < -0.3 is 24.6 Å². The van der Waals surface area contributed by atoms with Gasteiger partial charge in [-0.2, -0.15) is 0 Å². The number of aliphatic hydroxyl groups excluding tert-OH is 1. The number of carbonyl (C=O) groups excluding carboxylic acids is 1. The molecule has 2 aliphatic rings. The summed E-state index contributed by atoms with van der Waals surface area (Å²) in [5, 5.41) is 12.4. The first-order chi connectivity index (χ1) is 20.1. The number of nitrogens with one attached hydrogen (secondary N) is 1. The van der Waals surface area contributed by atoms with Crippen molar-refractivity contribution in [2.45, 2.75) is 38.1 Å². The molecule has 2 aliphatic heterocycles. The van der Waals surface area contributed by atoms with E-state index in [9.17, 15) is 9.90 Å². The smallest absolute Gasteiger partial charge is 0.271 e. The second-order valence-electron chi connectivity index (χ2n) is 10.4. The van der Waals surface area contributed by atoms with Crippen LogP contribution in [0.4, 0.5) is 0 Å². The number of aromatic nitrogens is 2. The fourth-order valence-electron chi connectivity index (χ4n) is 5.24. The van der Waals surface area contributed by atoms with Crippen molar-refractivity contribution in [1.29, 1.82) is 0 Å². The number of carbonyl (C=O) groups is 1. The Bertz CT molecular complexity index is 1460. The Morgan fingerprint density at radius 2 is 1.61 bits per heavy atom. The maximum atomic E-state index is 12.7. The van der Waals surface area contributed by atoms with Crippen molar-refractivity contribution in [3.05, 3.63) is 107 Å². The standard InChI is InChI=1S/C32H34N4O5/c37-21-23-7-9-24(10-8-23)30-17-26(20-36-13-15-39-16-14-36)40-32(41-30)25-11-5-22(6-12-25)18-34-31(38)29-19-33-27-3-1-2-4-28(27)35-29/h1-12,19,26,30,32,37H,13-18,20-21H2,(H,34,38). The molecule has 41 heavy (non-hydrogen) atoms. The van der Waals surface area contributed by atoms with Crippen LogP contribution in [0.3, 0.4) is 0 Å². The molecule has 3 heterocycles. The number of para-hydroxylation sites is 2. The van der Waals surface area contributed by atoms with Gasteiger partial charge in [-0.05, 0) is 28.8 Å². The zero-order valence-electron chi connectivity index (χ0n) is 22.8. The van der Waals surface area contributed by atoms with Crippen molar-refractivity contribution in [3.63, 3.8) is 0 Å². The topological polar surface area (TPSA) is 106 Å². The zero-order valence-corrected chi connectivity index (χ0v) is 22.8. The molecule has 2 N–H and O–H groups in total. The van der Waals surface area contributed by atoms with Crippen molar-refractivity contribution < 1.29 is 24.1 Å². The normalized spacial score (nSPS) is 21.5. The van der Waals surface area contributed by atoms with E-state index in [0.29, 0.717) is 12.1 Å². The van der Waals surface area contributed by atoms with Gasteiger partial charge in [0.05, 0.1) is 49.3 Å². The van der Waals surface area contributed by atoms with E-state index in [1.807, 2.05) is 72.8 Å². The first-order valence-corrected chi connectivity index (χ1v) is 14.0. The maximum Gasteiger partial charge on any atom is 0.271 e. The Hall–Kier alpha value is -3.73. The van der Waals surface area contributed by atoms with E-state index in [0.717, 1.165) is 67.0 Å². The van der Waals surface area contributed by atoms with Gasteiger partial charge in [-0.15, -0.1) is 0 Å². The van der Waals surface area contributed by atoms with Gasteiger partial charge in [0.2, 0.25) is 0 Å². The number of hydrogen-bond acceptors (Lipinski definition) is 8. The van der Waals surface area contributed by atoms with Crippen LogP contribution in [-0.4, -0.2) is 64.8 Å². The quantitative estimate of drug-likeness (QED) is 0.338. The van der Waals surface area contributed by atoms with Crippen molar-refractivity contribution in [2.24, 2.45) is 0 Å². The van der Waals surface area contributed by atoms with Crippen LogP contribution in [0.15, 0.2) is 79.0 Å². The molecule has 2 fully saturated rings. The van der Waals surface area contributed by atoms with E-state index >= 15 is 0 Å². The van der Waals surface area contributed by atoms with Crippen LogP contribution in [-0.2, 0) is 27.4 Å². The molecule has 0 aliphatic carbocycles. The molecule has 9 nitrogen and oxygen atoms in total. The number of ether oxygens (including phenoxy) is 3. The number of morpholine rings is 1. The fraction of sp³-hybridized carbons (Fsp3) is 0.344. The molecular formula is C32H34N4O5. The summed E-state index contributed by atoms with van der Waals surface area (Å²) in [5.74, 6) is -0.271. The average molecular weight is 555 g/mol. The Morgan fingerprint density at radius 1 is 0.902 bits per heavy atom. The summed E-state index contributed by atoms with van der Waals surface area (Å²) >= 11 is 0. The van der Waals surface area contributed by atoms with Gasteiger partial charge in [0, 0.05) is 38.2 Å². The molecule has 6 rings (SSSR count). The predicted molar refractivity (Wildman–Crippen MR) is 153 cm³/mol. The largest absolute Gasteiger partial charge is 0.392 e. The fourth-order valence-corrected chi connectivity index (χ4v) is 5.24. The number of amides is 1. The Morgan fingerprint density at radius 3 is 2.37 bits per heavy atom. The minimum atomic E-state index is -0.520. The lowest BCUT2D eigenvalue weighted by Crippen LogP contribution is -2.44. The first-order valence-electron chi connectivity index (χ1n) is 14.0. The number of benzene rings is 3. The monoisotopic (exact) mass is 554 g/mol. The van der Waals surface area contributed by atoms with Gasteiger partial charge in [-0.3, -0.25) is 14.7 Å². The third-order valence-electron chi connectivity index (χ3n) is 7.57. The second kappa shape index (κ2) is 12.8. The van der Waals surface area contributed by atoms with Gasteiger partial charge in [0.15, 0.2) is 6.29 Å². The number of rotatable bonds is 8. The van der Waals surface area contributed by atoms with Gasteiger partial charge in [-0.25, -0.2) is 4.98 Å². The van der Waals surface area contributed by atoms with Crippen LogP contribution in [0.5, 0.6) is 0 Å². The van der Waals surface area contributed by atoms with Crippen molar-refractivity contribution in [3.8, 4) is 0 Å². The van der Waals surface area contributed by atoms with Gasteiger partial charge >= 0.3 is 0 Å². The summed E-state index contributed by atoms with van der Waals surface area (Å²) in [6.45, 7) is 4.46. The molecule has 3 aromatic carbocycles. The summed E-state index contributed by atoms with van der Waals surface area (Å²) in [6.07, 6.45) is 1.59. The summed E-state index contributed by atoms with van der Waals surface area (Å²) in [7, 11) is 0. The molecule has 1 aromatic heterocycles. The Labute approximate surface area is 239 Å². The maximum absolute atomic E-state index is 12.7. The Kier molecular flexibility index (Phi) is 8.60. The second-order valence-corrected chi connectivity index (χ2v) is 10.4. The number of aliphatic hydroxyl groups is 1. The highest BCUT2D eigenvalue weighted by Crippen LogP contribution is 2.38. The Balaban J connectivity index is 1.12. The van der Waals surface area contributed by atoms with E-state index in [1.54, 1.807) is 0 Å². The van der Waals surface area contributed by atoms with E-state index < -0.39 is 6.29 Å². The molecule has 1 amide bonds. The molecule has 0 saturated carbocycles. The molecule has 3 unspecified atom stereocenters. The molecule has 0 bridgehead atoms. The summed E-state index contributed by atoms with van der Waals surface area (Å²) in [5.41, 5.74) is 5.54. The van der Waals surface area contributed by atoms with Crippen molar-refractivity contribution in [1.82, 2.24) is 20.2 Å². The highest BCUT2D eigenvalue weighted by Gasteiger charge is 2.33. The van der Waals surface area contributed by atoms with E-state index in [2.05, 4.69) is 20.2 Å². The average Bonchev–Trinajstić information content (AvgIpc) is 3.04. The molecule has 0 radical (unpaired) electrons. The minimum Gasteiger partial charge on any atom is -0.392 e. The van der Waals surface area contributed by atoms with E-state index in [4.69, 9.17) is 14.2 Å². The van der Waals surface area contributed by atoms with Crippen molar-refractivity contribution >= 4 is 16.9 Å². The number of fused-ring (bicyclic) bond motifs is 1. The third-order valence-corrected chi connectivity index (χ3v) is 7.57. The third kappa shape index (κ3) is 6.78.